The second-order valence-electron chi connectivity index (χ2n) is 33.2. The fraction of sp³-hybridized carbons (Fsp3) is 0.905. The van der Waals surface area contributed by atoms with Gasteiger partial charge in [0.2, 0.25) is 41.4 Å². The zero-order valence-corrected chi connectivity index (χ0v) is 71.7. The predicted molar refractivity (Wildman–Crippen MR) is 411 cm³/mol. The molecule has 10 aliphatic rings. The molecule has 7 amide bonds. The van der Waals surface area contributed by atoms with Crippen molar-refractivity contribution in [3.63, 3.8) is 0 Å². The highest BCUT2D eigenvalue weighted by Gasteiger charge is 2.62. The van der Waals surface area contributed by atoms with Crippen LogP contribution in [0, 0.1) is 0 Å². The van der Waals surface area contributed by atoms with Crippen LogP contribution < -0.4 is 37.2 Å². The topological polar surface area (TPSA) is 885 Å². The number of nitrogens with one attached hydrogen (secondary N) is 7. The Bertz CT molecular complexity index is 3700. The van der Waals surface area contributed by atoms with Crippen LogP contribution in [0.3, 0.4) is 0 Å². The van der Waals surface area contributed by atoms with E-state index < -0.39 is 414 Å². The standard InChI is InChI=1S/C74H123N7O51/c1-18(90)75-35-52(107)58(29(12-86)116-65(35)113)126-70-40(80-23(6)95)54(109)60(31(14-88)121-70)129-72-57(112)62(47(102)34(124-72)17-115-73-63(131-69-39(79-22(5)94)51(106)45(100)28(11-85)120-69)55(110)46(101)33(125-73)16-114-66-36(76-19(2)91)48(103)42(97)25(8-82)117-66)130-74-64(56(111)61(32(15-89)123-74)128-68-38(78-21(4)93)50(105)44(99)27(10-84)119-68)132-71-41(81-24(7)96)53(108)59(30(13-87)122-71)127-67-37(77-20(3)92)49(104)43(98)26(9-83)118-67/h25-74,82-89,97-113H,8-17H2,1-7H3,(H,75,90)(H,76,91)(H,77,92)(H,78,93)(H,79,94)(H,80,95)(H,81,96)/t25-,26-,27-,28-,29-,30-,31-,32-,33-,34-,35-,36-,37-,38-,39-,40-,41-,42-,43+,44-,45-,46-,47-,48-,49-,50-,51-,52-,53-,54-,55+,56+,57+,58-,59-,60-,61-,62+,63+,64+,65?,66-,67+,68+,69+,70+,71+,72+,73+,74-/m1/s1. The maximum atomic E-state index is 13.4. The zero-order valence-electron chi connectivity index (χ0n) is 71.7. The number of amides is 7. The van der Waals surface area contributed by atoms with Crippen molar-refractivity contribution >= 4 is 41.4 Å². The van der Waals surface area contributed by atoms with Crippen LogP contribution in [0.5, 0.6) is 0 Å². The van der Waals surface area contributed by atoms with Gasteiger partial charge in [-0.05, 0) is 0 Å². The zero-order chi connectivity index (χ0) is 97.4. The molecule has 0 aromatic heterocycles. The largest absolute Gasteiger partial charge is 0.394 e. The van der Waals surface area contributed by atoms with Gasteiger partial charge in [-0.3, -0.25) is 33.6 Å². The van der Waals surface area contributed by atoms with Gasteiger partial charge in [-0.1, -0.05) is 0 Å². The van der Waals surface area contributed by atoms with Crippen molar-refractivity contribution in [3.8, 4) is 0 Å². The molecule has 1 unspecified atom stereocenters. The summed E-state index contributed by atoms with van der Waals surface area (Å²) in [4.78, 5) is 89.6. The first-order valence-corrected chi connectivity index (χ1v) is 42.1. The molecule has 760 valence electrons. The highest BCUT2D eigenvalue weighted by Crippen LogP contribution is 2.41. The van der Waals surface area contributed by atoms with Crippen LogP contribution in [-0.4, -0.2) is 542 Å². The first-order valence-electron chi connectivity index (χ1n) is 42.1. The van der Waals surface area contributed by atoms with Gasteiger partial charge in [0.25, 0.3) is 0 Å². The van der Waals surface area contributed by atoms with Crippen LogP contribution in [-0.2, 0) is 124 Å². The number of carbonyl (C=O) groups excluding carboxylic acids is 7. The van der Waals surface area contributed by atoms with Gasteiger partial charge in [0.05, 0.1) is 66.1 Å². The SMILES string of the molecule is CC(=O)N[C@H]1[C@H](O[C@H]2[C@H](O)[C@@H](NC(C)=O)C(O)O[C@@H]2CO)O[C@H](CO)[C@@H](O[C@@H]2O[C@H](CO[C@H]3O[C@H](CO[C@@H]4O[C@H](CO)[C@@H](O)[C@H](O)[C@H]4NC(C)=O)[C@@H](O)[C@H](O)[C@@H]3O[C@@H]3O[C@H](CO)[C@@H](O)[C@H](O)[C@H]3NC(C)=O)[C@@H](O)[C@H](O[C@H]3O[C@H](CO)[C@@H](O[C@@H]4O[C@H](CO)[C@@H](O)[C@H](O)[C@H]4NC(C)=O)[C@H](O)[C@@H]3O[C@@H]3O[C@H](CO)[C@@H](O[C@@H]4O[C@H](CO)[C@H](O)[C@H](O)[C@H]4NC(C)=O)[C@H](O)[C@H]3NC(C)=O)[C@@H]2O)[C@@H]1O. The summed E-state index contributed by atoms with van der Waals surface area (Å²) in [6.45, 7) is -4.75. The normalized spacial score (nSPS) is 46.7. The molecule has 10 fully saturated rings. The molecule has 0 aromatic carbocycles. The number of rotatable bonds is 35. The van der Waals surface area contributed by atoms with Crippen molar-refractivity contribution in [3.05, 3.63) is 0 Å². The van der Waals surface area contributed by atoms with E-state index in [0.29, 0.717) is 0 Å². The minimum Gasteiger partial charge on any atom is -0.394 e. The van der Waals surface area contributed by atoms with Crippen molar-refractivity contribution in [2.45, 2.75) is 355 Å². The molecule has 0 radical (unpaired) electrons. The van der Waals surface area contributed by atoms with Gasteiger partial charge in [0.15, 0.2) is 62.9 Å². The Labute approximate surface area is 748 Å². The third kappa shape index (κ3) is 24.9. The lowest BCUT2D eigenvalue weighted by Gasteiger charge is -2.52. The van der Waals surface area contributed by atoms with E-state index in [1.165, 1.54) is 0 Å². The smallest absolute Gasteiger partial charge is 0.217 e. The van der Waals surface area contributed by atoms with Gasteiger partial charge in [0.1, 0.15) is 244 Å². The second-order valence-corrected chi connectivity index (χ2v) is 33.2. The van der Waals surface area contributed by atoms with E-state index in [2.05, 4.69) is 37.2 Å². The second kappa shape index (κ2) is 47.9. The highest BCUT2D eigenvalue weighted by atomic mass is 16.8. The Hall–Kier alpha value is -5.47. The molecule has 0 saturated carbocycles. The maximum absolute atomic E-state index is 13.4. The molecule has 10 rings (SSSR count). The monoisotopic (exact) mass is 1930 g/mol. The van der Waals surface area contributed by atoms with Gasteiger partial charge in [0, 0.05) is 48.5 Å². The maximum Gasteiger partial charge on any atom is 0.217 e. The van der Waals surface area contributed by atoms with Crippen molar-refractivity contribution in [2.24, 2.45) is 0 Å². The molecule has 10 aliphatic heterocycles. The quantitative estimate of drug-likeness (QED) is 0.0280. The minimum atomic E-state index is -2.73. The molecule has 50 atom stereocenters. The van der Waals surface area contributed by atoms with Gasteiger partial charge >= 0.3 is 0 Å². The molecule has 0 spiro atoms. The average molecular weight is 1930 g/mol. The van der Waals surface area contributed by atoms with Gasteiger partial charge in [-0.15, -0.1) is 0 Å². The molecule has 32 N–H and O–H groups in total. The Morgan fingerprint density at radius 3 is 0.758 bits per heavy atom. The van der Waals surface area contributed by atoms with Crippen molar-refractivity contribution in [2.75, 3.05) is 66.1 Å². The van der Waals surface area contributed by atoms with Crippen LogP contribution in [0.15, 0.2) is 0 Å². The molecule has 58 nitrogen and oxygen atoms in total. The van der Waals surface area contributed by atoms with Crippen LogP contribution in [0.4, 0.5) is 0 Å². The summed E-state index contributed by atoms with van der Waals surface area (Å²) < 4.78 is 116. The summed E-state index contributed by atoms with van der Waals surface area (Å²) >= 11 is 0. The fourth-order valence-electron chi connectivity index (χ4n) is 17.1. The summed E-state index contributed by atoms with van der Waals surface area (Å²) in [5, 5.41) is 302. The predicted octanol–water partition coefficient (Wildman–Crippen LogP) is -21.8. The number of hydrogen-bond donors (Lipinski definition) is 32. The van der Waals surface area contributed by atoms with E-state index in [4.69, 9.17) is 90.0 Å². The van der Waals surface area contributed by atoms with Gasteiger partial charge in [-0.2, -0.15) is 0 Å². The Balaban J connectivity index is 1.08. The summed E-state index contributed by atoms with van der Waals surface area (Å²) in [7, 11) is 0. The van der Waals surface area contributed by atoms with E-state index in [0.717, 1.165) is 48.5 Å². The van der Waals surface area contributed by atoms with Gasteiger partial charge < -0.3 is 255 Å². The summed E-state index contributed by atoms with van der Waals surface area (Å²) in [6.07, 6.45) is -92.6. The number of hydrogen-bond acceptors (Lipinski definition) is 51. The minimum absolute atomic E-state index is 0.822. The molecule has 132 heavy (non-hydrogen) atoms. The van der Waals surface area contributed by atoms with Crippen LogP contribution >= 0.6 is 0 Å². The first-order chi connectivity index (χ1) is 62.4. The Morgan fingerprint density at radius 2 is 0.417 bits per heavy atom. The van der Waals surface area contributed by atoms with Crippen molar-refractivity contribution in [1.82, 2.24) is 37.2 Å². The van der Waals surface area contributed by atoms with Crippen molar-refractivity contribution in [1.29, 1.82) is 0 Å². The molecular formula is C74H123N7O51. The molecule has 10 heterocycles. The van der Waals surface area contributed by atoms with Crippen LogP contribution in [0.2, 0.25) is 0 Å². The lowest BCUT2D eigenvalue weighted by molar-refractivity contribution is -0.404. The highest BCUT2D eigenvalue weighted by molar-refractivity contribution is 5.75. The molecule has 0 aliphatic carbocycles. The van der Waals surface area contributed by atoms with E-state index >= 15 is 0 Å². The molecule has 0 bridgehead atoms. The van der Waals surface area contributed by atoms with E-state index in [1.807, 2.05) is 0 Å². The lowest BCUT2D eigenvalue weighted by atomic mass is 9.93. The fourth-order valence-corrected chi connectivity index (χ4v) is 17.1. The third-order valence-corrected chi connectivity index (χ3v) is 23.7. The molecule has 10 saturated heterocycles. The van der Waals surface area contributed by atoms with Gasteiger partial charge in [-0.25, -0.2) is 0 Å². The first kappa shape index (κ1) is 109. The summed E-state index contributed by atoms with van der Waals surface area (Å²) in [5.41, 5.74) is 0. The Morgan fingerprint density at radius 1 is 0.197 bits per heavy atom. The van der Waals surface area contributed by atoms with Crippen LogP contribution in [0.1, 0.15) is 48.5 Å². The summed E-state index contributed by atoms with van der Waals surface area (Å²) in [5.74, 6) is -6.40. The third-order valence-electron chi connectivity index (χ3n) is 23.7. The summed E-state index contributed by atoms with van der Waals surface area (Å²) in [6, 6.07) is -13.0. The molecular weight excluding hydrogens is 1800 g/mol. The van der Waals surface area contributed by atoms with Crippen LogP contribution in [0.25, 0.3) is 0 Å². The lowest BCUT2D eigenvalue weighted by Crippen LogP contribution is -2.71. The molecule has 58 heteroatoms. The van der Waals surface area contributed by atoms with E-state index in [9.17, 15) is 161 Å². The number of ether oxygens (including phenoxy) is 19. The van der Waals surface area contributed by atoms with E-state index in [-0.39, 0.29) is 0 Å². The number of aliphatic hydroxyl groups is 25. The average Bonchev–Trinajstić information content (AvgIpc) is 0.766. The van der Waals surface area contributed by atoms with E-state index in [1.54, 1.807) is 0 Å². The van der Waals surface area contributed by atoms with Crippen molar-refractivity contribution < 1.29 is 251 Å². The number of aliphatic hydroxyl groups excluding tert-OH is 25. The Kier molecular flexibility index (Phi) is 39.4. The molecule has 0 aromatic rings. The number of carbonyl (C=O) groups is 7.